The first kappa shape index (κ1) is 19.1. The highest BCUT2D eigenvalue weighted by atomic mass is 15.0. The average Bonchev–Trinajstić information content (AvgIpc) is 3.23. The molecule has 6 aromatic rings. The number of nitriles is 1. The smallest absolute Gasteiger partial charge is 0.0998 e. The summed E-state index contributed by atoms with van der Waals surface area (Å²) in [5, 5.41) is 12.0. The summed E-state index contributed by atoms with van der Waals surface area (Å²) in [6, 6.07) is 44.3. The fourth-order valence-electron chi connectivity index (χ4n) is 4.72. The van der Waals surface area contributed by atoms with E-state index in [1.165, 1.54) is 21.8 Å². The first-order valence-corrected chi connectivity index (χ1v) is 11.0. The van der Waals surface area contributed by atoms with Crippen LogP contribution in [0.15, 0.2) is 121 Å². The van der Waals surface area contributed by atoms with Crippen LogP contribution in [0.5, 0.6) is 0 Å². The van der Waals surface area contributed by atoms with Crippen molar-refractivity contribution in [2.24, 2.45) is 0 Å². The van der Waals surface area contributed by atoms with Gasteiger partial charge in [-0.3, -0.25) is 0 Å². The van der Waals surface area contributed by atoms with Crippen molar-refractivity contribution in [1.82, 2.24) is 4.57 Å². The topological polar surface area (TPSA) is 28.7 Å². The molecule has 1 aromatic heterocycles. The molecule has 0 bridgehead atoms. The molecular formula is C31H20N2. The molecule has 2 nitrogen and oxygen atoms in total. The third-order valence-corrected chi connectivity index (χ3v) is 6.24. The van der Waals surface area contributed by atoms with Crippen molar-refractivity contribution >= 4 is 21.8 Å². The SMILES string of the molecule is N#Cc1ccccc1-c1cccc(-c2cccc(-n3c4ccccc4c4ccccc43)c2)c1. The summed E-state index contributed by atoms with van der Waals surface area (Å²) in [6.45, 7) is 0. The molecule has 0 fully saturated rings. The molecule has 154 valence electrons. The standard InChI is InChI=1S/C31H20N2/c32-21-25-9-1-2-14-27(25)24-12-7-10-22(19-24)23-11-8-13-26(20-23)33-30-17-5-3-15-28(30)29-16-4-6-18-31(29)33/h1-20H. The number of fused-ring (bicyclic) bond motifs is 3. The van der Waals surface area contributed by atoms with Gasteiger partial charge in [0.2, 0.25) is 0 Å². The van der Waals surface area contributed by atoms with E-state index < -0.39 is 0 Å². The summed E-state index contributed by atoms with van der Waals surface area (Å²) >= 11 is 0. The molecule has 0 N–H and O–H groups in total. The normalized spacial score (nSPS) is 11.0. The van der Waals surface area contributed by atoms with Crippen molar-refractivity contribution in [3.63, 3.8) is 0 Å². The Morgan fingerprint density at radius 3 is 1.82 bits per heavy atom. The second-order valence-electron chi connectivity index (χ2n) is 8.16. The number of nitrogens with zero attached hydrogens (tertiary/aromatic N) is 2. The molecule has 2 heteroatoms. The Hall–Kier alpha value is -4.61. The highest BCUT2D eigenvalue weighted by Gasteiger charge is 2.12. The Balaban J connectivity index is 1.52. The lowest BCUT2D eigenvalue weighted by Gasteiger charge is -2.11. The van der Waals surface area contributed by atoms with E-state index in [0.717, 1.165) is 27.9 Å². The van der Waals surface area contributed by atoms with Gasteiger partial charge in [0, 0.05) is 16.5 Å². The van der Waals surface area contributed by atoms with Gasteiger partial charge in [-0.15, -0.1) is 0 Å². The van der Waals surface area contributed by atoms with E-state index in [4.69, 9.17) is 0 Å². The fourth-order valence-corrected chi connectivity index (χ4v) is 4.72. The van der Waals surface area contributed by atoms with E-state index in [2.05, 4.69) is 108 Å². The van der Waals surface area contributed by atoms with Crippen LogP contribution in [0.4, 0.5) is 0 Å². The zero-order valence-corrected chi connectivity index (χ0v) is 17.9. The Morgan fingerprint density at radius 2 is 1.09 bits per heavy atom. The number of para-hydroxylation sites is 2. The molecule has 1 heterocycles. The quantitative estimate of drug-likeness (QED) is 0.285. The van der Waals surface area contributed by atoms with Crippen molar-refractivity contribution in [3.05, 3.63) is 127 Å². The van der Waals surface area contributed by atoms with Crippen molar-refractivity contribution in [1.29, 1.82) is 5.26 Å². The maximum atomic E-state index is 9.53. The number of hydrogen-bond donors (Lipinski definition) is 0. The van der Waals surface area contributed by atoms with Crippen molar-refractivity contribution in [2.45, 2.75) is 0 Å². The first-order valence-electron chi connectivity index (χ1n) is 11.0. The monoisotopic (exact) mass is 420 g/mol. The highest BCUT2D eigenvalue weighted by Crippen LogP contribution is 2.34. The lowest BCUT2D eigenvalue weighted by Crippen LogP contribution is -1.94. The average molecular weight is 421 g/mol. The largest absolute Gasteiger partial charge is 0.309 e. The zero-order chi connectivity index (χ0) is 22.2. The maximum Gasteiger partial charge on any atom is 0.0998 e. The van der Waals surface area contributed by atoms with Crippen molar-refractivity contribution in [3.8, 4) is 34.0 Å². The molecule has 0 saturated heterocycles. The van der Waals surface area contributed by atoms with E-state index >= 15 is 0 Å². The minimum absolute atomic E-state index is 0.689. The van der Waals surface area contributed by atoms with Crippen LogP contribution in [0.1, 0.15) is 5.56 Å². The molecule has 0 radical (unpaired) electrons. The summed E-state index contributed by atoms with van der Waals surface area (Å²) in [5.41, 5.74) is 8.50. The molecule has 0 aliphatic heterocycles. The van der Waals surface area contributed by atoms with Gasteiger partial charge in [0.1, 0.15) is 0 Å². The van der Waals surface area contributed by atoms with Crippen LogP contribution in [0, 0.1) is 11.3 Å². The van der Waals surface area contributed by atoms with Gasteiger partial charge in [-0.2, -0.15) is 5.26 Å². The Bertz CT molecular complexity index is 1630. The van der Waals surface area contributed by atoms with Crippen LogP contribution in [0.25, 0.3) is 49.7 Å². The minimum atomic E-state index is 0.689. The molecule has 0 spiro atoms. The van der Waals surface area contributed by atoms with Gasteiger partial charge in [-0.25, -0.2) is 0 Å². The second-order valence-corrected chi connectivity index (χ2v) is 8.16. The molecule has 0 aliphatic rings. The van der Waals surface area contributed by atoms with Crippen molar-refractivity contribution in [2.75, 3.05) is 0 Å². The number of rotatable bonds is 3. The highest BCUT2D eigenvalue weighted by molar-refractivity contribution is 6.09. The van der Waals surface area contributed by atoms with E-state index in [9.17, 15) is 5.26 Å². The molecule has 0 unspecified atom stereocenters. The van der Waals surface area contributed by atoms with E-state index in [1.807, 2.05) is 24.3 Å². The van der Waals surface area contributed by atoms with Gasteiger partial charge in [0.25, 0.3) is 0 Å². The zero-order valence-electron chi connectivity index (χ0n) is 17.9. The Kier molecular flexibility index (Phi) is 4.53. The maximum absolute atomic E-state index is 9.53. The summed E-state index contributed by atoms with van der Waals surface area (Å²) in [4.78, 5) is 0. The van der Waals surface area contributed by atoms with Gasteiger partial charge in [-0.1, -0.05) is 84.9 Å². The van der Waals surface area contributed by atoms with Gasteiger partial charge >= 0.3 is 0 Å². The summed E-state index contributed by atoms with van der Waals surface area (Å²) < 4.78 is 2.34. The molecular weight excluding hydrogens is 400 g/mol. The summed E-state index contributed by atoms with van der Waals surface area (Å²) in [5.74, 6) is 0. The van der Waals surface area contributed by atoms with Gasteiger partial charge < -0.3 is 4.57 Å². The first-order chi connectivity index (χ1) is 16.3. The minimum Gasteiger partial charge on any atom is -0.309 e. The predicted octanol–water partition coefficient (Wildman–Crippen LogP) is 7.99. The molecule has 0 saturated carbocycles. The van der Waals surface area contributed by atoms with Crippen LogP contribution < -0.4 is 0 Å². The third kappa shape index (κ3) is 3.19. The molecule has 0 amide bonds. The molecule has 5 aromatic carbocycles. The third-order valence-electron chi connectivity index (χ3n) is 6.24. The summed E-state index contributed by atoms with van der Waals surface area (Å²) in [7, 11) is 0. The Morgan fingerprint density at radius 1 is 0.515 bits per heavy atom. The Labute approximate surface area is 192 Å². The van der Waals surface area contributed by atoms with Gasteiger partial charge in [0.05, 0.1) is 22.7 Å². The lowest BCUT2D eigenvalue weighted by molar-refractivity contribution is 1.18. The van der Waals surface area contributed by atoms with E-state index in [1.54, 1.807) is 0 Å². The fraction of sp³-hybridized carbons (Fsp3) is 0. The van der Waals surface area contributed by atoms with Crippen LogP contribution >= 0.6 is 0 Å². The summed E-state index contributed by atoms with van der Waals surface area (Å²) in [6.07, 6.45) is 0. The number of hydrogen-bond acceptors (Lipinski definition) is 1. The lowest BCUT2D eigenvalue weighted by atomic mass is 9.96. The molecule has 0 atom stereocenters. The van der Waals surface area contributed by atoms with Crippen LogP contribution in [0.2, 0.25) is 0 Å². The number of benzene rings is 5. The van der Waals surface area contributed by atoms with E-state index in [-0.39, 0.29) is 0 Å². The predicted molar refractivity (Wildman–Crippen MR) is 136 cm³/mol. The number of aromatic nitrogens is 1. The second kappa shape index (κ2) is 7.82. The molecule has 6 rings (SSSR count). The molecule has 33 heavy (non-hydrogen) atoms. The van der Waals surface area contributed by atoms with Crippen molar-refractivity contribution < 1.29 is 0 Å². The van der Waals surface area contributed by atoms with Crippen LogP contribution in [-0.2, 0) is 0 Å². The molecule has 0 aliphatic carbocycles. The van der Waals surface area contributed by atoms with Crippen LogP contribution in [0.3, 0.4) is 0 Å². The van der Waals surface area contributed by atoms with Gasteiger partial charge in [-0.05, 0) is 58.7 Å². The van der Waals surface area contributed by atoms with Gasteiger partial charge in [0.15, 0.2) is 0 Å². The van der Waals surface area contributed by atoms with E-state index in [0.29, 0.717) is 5.56 Å². The van der Waals surface area contributed by atoms with Crippen LogP contribution in [-0.4, -0.2) is 4.57 Å².